The molecule has 25 heavy (non-hydrogen) atoms. The van der Waals surface area contributed by atoms with Crippen LogP contribution in [-0.4, -0.2) is 51.0 Å². The Morgan fingerprint density at radius 2 is 2.20 bits per heavy atom. The van der Waals surface area contributed by atoms with E-state index < -0.39 is 5.60 Å². The molecule has 1 aliphatic heterocycles. The van der Waals surface area contributed by atoms with Crippen molar-refractivity contribution in [3.8, 4) is 5.75 Å². The Balaban J connectivity index is 1.49. The maximum absolute atomic E-state index is 12.4. The summed E-state index contributed by atoms with van der Waals surface area (Å²) in [6, 6.07) is 7.73. The van der Waals surface area contributed by atoms with Crippen LogP contribution >= 0.6 is 0 Å². The molecule has 0 radical (unpaired) electrons. The highest BCUT2D eigenvalue weighted by Gasteiger charge is 2.38. The molecule has 1 aromatic heterocycles. The van der Waals surface area contributed by atoms with E-state index in [1.807, 2.05) is 44.4 Å². The zero-order valence-electron chi connectivity index (χ0n) is 14.8. The number of rotatable bonds is 6. The average Bonchev–Trinajstić information content (AvgIpc) is 3.18. The number of carbonyl (C=O) groups excluding carboxylic acids is 1. The number of nitrogens with zero attached hydrogens (tertiary/aromatic N) is 3. The van der Waals surface area contributed by atoms with E-state index in [2.05, 4.69) is 5.10 Å². The first kappa shape index (κ1) is 17.5. The fraction of sp³-hybridized carbons (Fsp3) is 0.474. The number of hydrogen-bond donors (Lipinski definition) is 1. The van der Waals surface area contributed by atoms with Gasteiger partial charge in [0, 0.05) is 26.2 Å². The van der Waals surface area contributed by atoms with Gasteiger partial charge in [-0.2, -0.15) is 5.10 Å². The number of likely N-dealkylation sites (tertiary alicyclic amines) is 1. The van der Waals surface area contributed by atoms with Crippen molar-refractivity contribution in [2.75, 3.05) is 19.7 Å². The highest BCUT2D eigenvalue weighted by molar-refractivity contribution is 5.76. The van der Waals surface area contributed by atoms with E-state index in [9.17, 15) is 9.90 Å². The molecule has 6 nitrogen and oxygen atoms in total. The summed E-state index contributed by atoms with van der Waals surface area (Å²) in [5.41, 5.74) is 1.10. The van der Waals surface area contributed by atoms with Crippen LogP contribution in [0.3, 0.4) is 0 Å². The van der Waals surface area contributed by atoms with E-state index >= 15 is 0 Å². The highest BCUT2D eigenvalue weighted by atomic mass is 16.5. The third-order valence-electron chi connectivity index (χ3n) is 4.66. The summed E-state index contributed by atoms with van der Waals surface area (Å²) in [5.74, 6) is 0.841. The molecule has 0 aliphatic carbocycles. The minimum atomic E-state index is -0.980. The Kier molecular flexibility index (Phi) is 5.08. The number of hydrogen-bond acceptors (Lipinski definition) is 4. The summed E-state index contributed by atoms with van der Waals surface area (Å²) in [4.78, 5) is 14.1. The second-order valence-corrected chi connectivity index (χ2v) is 6.87. The largest absolute Gasteiger partial charge is 0.490 e. The number of amides is 1. The van der Waals surface area contributed by atoms with Crippen molar-refractivity contribution in [3.05, 3.63) is 47.8 Å². The van der Waals surface area contributed by atoms with Crippen LogP contribution in [-0.2, 0) is 18.3 Å². The number of β-amino-alcohol motifs (C(OH)–C–C–N with tert-alkyl or cyclic N) is 1. The zero-order valence-corrected chi connectivity index (χ0v) is 14.8. The molecular weight excluding hydrogens is 318 g/mol. The Morgan fingerprint density at radius 3 is 2.92 bits per heavy atom. The number of carbonyl (C=O) groups is 1. The molecule has 1 aliphatic rings. The van der Waals surface area contributed by atoms with Crippen LogP contribution in [0.15, 0.2) is 36.7 Å². The maximum atomic E-state index is 12.4. The van der Waals surface area contributed by atoms with Crippen molar-refractivity contribution in [2.24, 2.45) is 7.05 Å². The van der Waals surface area contributed by atoms with E-state index in [1.165, 1.54) is 0 Å². The molecule has 0 spiro atoms. The van der Waals surface area contributed by atoms with E-state index in [4.69, 9.17) is 4.74 Å². The van der Waals surface area contributed by atoms with Crippen LogP contribution in [0.1, 0.15) is 24.0 Å². The van der Waals surface area contributed by atoms with Crippen molar-refractivity contribution in [1.29, 1.82) is 0 Å². The molecule has 1 fully saturated rings. The van der Waals surface area contributed by atoms with Crippen LogP contribution in [0, 0.1) is 6.92 Å². The summed E-state index contributed by atoms with van der Waals surface area (Å²) in [7, 11) is 1.86. The number of para-hydroxylation sites is 1. The Labute approximate surface area is 148 Å². The predicted octanol–water partition coefficient (Wildman–Crippen LogP) is 1.70. The number of aryl methyl sites for hydroxylation is 3. The minimum Gasteiger partial charge on any atom is -0.490 e. The van der Waals surface area contributed by atoms with Gasteiger partial charge in [-0.25, -0.2) is 0 Å². The predicted molar refractivity (Wildman–Crippen MR) is 94.3 cm³/mol. The summed E-state index contributed by atoms with van der Waals surface area (Å²) in [5, 5.41) is 14.8. The Bertz CT molecular complexity index is 743. The van der Waals surface area contributed by atoms with Gasteiger partial charge in [-0.1, -0.05) is 18.2 Å². The van der Waals surface area contributed by atoms with Gasteiger partial charge in [0.15, 0.2) is 0 Å². The normalized spacial score (nSPS) is 20.0. The fourth-order valence-corrected chi connectivity index (χ4v) is 3.13. The van der Waals surface area contributed by atoms with Gasteiger partial charge in [0.25, 0.3) is 0 Å². The summed E-state index contributed by atoms with van der Waals surface area (Å²) in [6.07, 6.45) is 5.34. The highest BCUT2D eigenvalue weighted by Crippen LogP contribution is 2.25. The minimum absolute atomic E-state index is 0.0654. The van der Waals surface area contributed by atoms with Crippen LogP contribution in [0.2, 0.25) is 0 Å². The van der Waals surface area contributed by atoms with Crippen molar-refractivity contribution in [3.63, 3.8) is 0 Å². The molecule has 0 bridgehead atoms. The smallest absolute Gasteiger partial charge is 0.223 e. The standard InChI is InChI=1S/C19H25N3O3/c1-15-5-3-4-6-17(15)25-14-19(24)9-10-22(13-19)18(23)8-7-16-11-20-21(2)12-16/h3-6,11-12,24H,7-10,13-14H2,1-2H3/t19-/m0/s1. The van der Waals surface area contributed by atoms with Gasteiger partial charge in [-0.05, 0) is 37.0 Å². The third-order valence-corrected chi connectivity index (χ3v) is 4.66. The monoisotopic (exact) mass is 343 g/mol. The quantitative estimate of drug-likeness (QED) is 0.867. The van der Waals surface area contributed by atoms with E-state index in [-0.39, 0.29) is 12.5 Å². The molecule has 3 rings (SSSR count). The summed E-state index contributed by atoms with van der Waals surface area (Å²) in [6.45, 7) is 3.07. The van der Waals surface area contributed by atoms with Crippen molar-refractivity contribution in [2.45, 2.75) is 31.8 Å². The van der Waals surface area contributed by atoms with Crippen molar-refractivity contribution < 1.29 is 14.6 Å². The lowest BCUT2D eigenvalue weighted by molar-refractivity contribution is -0.131. The van der Waals surface area contributed by atoms with Gasteiger partial charge in [-0.15, -0.1) is 0 Å². The Hall–Kier alpha value is -2.34. The molecule has 2 aromatic rings. The van der Waals surface area contributed by atoms with Crippen LogP contribution in [0.5, 0.6) is 5.75 Å². The molecule has 1 saturated heterocycles. The first-order chi connectivity index (χ1) is 12.0. The lowest BCUT2D eigenvalue weighted by atomic mass is 10.1. The topological polar surface area (TPSA) is 67.6 Å². The second-order valence-electron chi connectivity index (χ2n) is 6.87. The molecule has 134 valence electrons. The SMILES string of the molecule is Cc1ccccc1OC[C@]1(O)CCN(C(=O)CCc2cnn(C)c2)C1. The van der Waals surface area contributed by atoms with Gasteiger partial charge in [0.1, 0.15) is 18.0 Å². The number of benzene rings is 1. The molecule has 1 aromatic carbocycles. The second kappa shape index (κ2) is 7.27. The molecule has 2 heterocycles. The van der Waals surface area contributed by atoms with Gasteiger partial charge in [0.2, 0.25) is 5.91 Å². The molecule has 0 unspecified atom stereocenters. The van der Waals surface area contributed by atoms with Gasteiger partial charge < -0.3 is 14.7 Å². The Morgan fingerprint density at radius 1 is 1.40 bits per heavy atom. The average molecular weight is 343 g/mol. The molecular formula is C19H25N3O3. The van der Waals surface area contributed by atoms with Gasteiger partial charge in [0.05, 0.1) is 12.7 Å². The van der Waals surface area contributed by atoms with Crippen LogP contribution in [0.4, 0.5) is 0 Å². The number of aromatic nitrogens is 2. The van der Waals surface area contributed by atoms with Crippen molar-refractivity contribution >= 4 is 5.91 Å². The third kappa shape index (κ3) is 4.39. The molecule has 1 atom stereocenters. The van der Waals surface area contributed by atoms with Crippen LogP contribution in [0.25, 0.3) is 0 Å². The molecule has 1 amide bonds. The lowest BCUT2D eigenvalue weighted by Crippen LogP contribution is -2.40. The van der Waals surface area contributed by atoms with E-state index in [0.717, 1.165) is 16.9 Å². The fourth-order valence-electron chi connectivity index (χ4n) is 3.13. The molecule has 6 heteroatoms. The number of aliphatic hydroxyl groups is 1. The number of ether oxygens (including phenoxy) is 1. The van der Waals surface area contributed by atoms with Gasteiger partial charge in [-0.3, -0.25) is 9.48 Å². The molecule has 0 saturated carbocycles. The van der Waals surface area contributed by atoms with Crippen molar-refractivity contribution in [1.82, 2.24) is 14.7 Å². The molecule has 1 N–H and O–H groups in total. The van der Waals surface area contributed by atoms with Crippen LogP contribution < -0.4 is 4.74 Å². The lowest BCUT2D eigenvalue weighted by Gasteiger charge is -2.24. The first-order valence-corrected chi connectivity index (χ1v) is 8.61. The zero-order chi connectivity index (χ0) is 17.9. The van der Waals surface area contributed by atoms with Gasteiger partial charge >= 0.3 is 0 Å². The first-order valence-electron chi connectivity index (χ1n) is 8.61. The summed E-state index contributed by atoms with van der Waals surface area (Å²) >= 11 is 0. The summed E-state index contributed by atoms with van der Waals surface area (Å²) < 4.78 is 7.52. The van der Waals surface area contributed by atoms with E-state index in [1.54, 1.807) is 15.8 Å². The van der Waals surface area contributed by atoms with E-state index in [0.29, 0.717) is 32.4 Å². The maximum Gasteiger partial charge on any atom is 0.223 e.